The standard InChI is InChI=1S/C32H43ClN10O4/c1-22(10-13-44-3)47-31-29(20-43(38-31)27-7-5-26(6-8-27)41-11-14-45-15-12-41)37-32-34-17-25(18-35-32)24-4-9-28(33)30(16-24)46-23(2)19-42-21-36-39-40-42/h4,9,16-18,20-23,26-27H,5-8,10-15,19H2,1-3H3,(H,34,35,37)/t22?,23-,26?,27?/m0/s1. The molecule has 252 valence electrons. The maximum Gasteiger partial charge on any atom is 0.257 e. The van der Waals surface area contributed by atoms with Gasteiger partial charge in [-0.05, 0) is 67.7 Å². The zero-order valence-corrected chi connectivity index (χ0v) is 27.9. The number of rotatable bonds is 14. The summed E-state index contributed by atoms with van der Waals surface area (Å²) in [6.45, 7) is 8.76. The maximum absolute atomic E-state index is 6.46. The number of nitrogens with one attached hydrogen (secondary N) is 1. The van der Waals surface area contributed by atoms with Crippen LogP contribution in [0.2, 0.25) is 5.02 Å². The maximum atomic E-state index is 6.46. The van der Waals surface area contributed by atoms with Crippen LogP contribution < -0.4 is 14.8 Å². The summed E-state index contributed by atoms with van der Waals surface area (Å²) < 4.78 is 26.9. The van der Waals surface area contributed by atoms with Gasteiger partial charge in [0.1, 0.15) is 23.9 Å². The molecule has 1 unspecified atom stereocenters. The van der Waals surface area contributed by atoms with Crippen LogP contribution in [0.5, 0.6) is 11.6 Å². The van der Waals surface area contributed by atoms with E-state index in [2.05, 4.69) is 40.4 Å². The van der Waals surface area contributed by atoms with Gasteiger partial charge < -0.3 is 24.3 Å². The van der Waals surface area contributed by atoms with Crippen LogP contribution in [0.25, 0.3) is 11.1 Å². The molecule has 1 N–H and O–H groups in total. The van der Waals surface area contributed by atoms with Crippen molar-refractivity contribution < 1.29 is 18.9 Å². The molecular weight excluding hydrogens is 624 g/mol. The fourth-order valence-electron chi connectivity index (χ4n) is 6.12. The van der Waals surface area contributed by atoms with Crippen molar-refractivity contribution in [3.63, 3.8) is 0 Å². The van der Waals surface area contributed by atoms with E-state index in [1.807, 2.05) is 32.2 Å². The van der Waals surface area contributed by atoms with Gasteiger partial charge in [-0.3, -0.25) is 9.58 Å². The van der Waals surface area contributed by atoms with Gasteiger partial charge in [-0.1, -0.05) is 17.7 Å². The summed E-state index contributed by atoms with van der Waals surface area (Å²) in [6, 6.07) is 6.52. The zero-order chi connectivity index (χ0) is 32.6. The van der Waals surface area contributed by atoms with Crippen LogP contribution in [0.15, 0.2) is 43.1 Å². The quantitative estimate of drug-likeness (QED) is 0.198. The third kappa shape index (κ3) is 8.74. The Morgan fingerprint density at radius 2 is 1.77 bits per heavy atom. The minimum absolute atomic E-state index is 0.0730. The molecule has 15 heteroatoms. The second kappa shape index (κ2) is 15.8. The number of aromatic nitrogens is 8. The number of hydrogen-bond donors (Lipinski definition) is 1. The van der Waals surface area contributed by atoms with Crippen molar-refractivity contribution in [3.05, 3.63) is 48.1 Å². The first kappa shape index (κ1) is 33.1. The molecule has 1 saturated heterocycles. The number of tetrazole rings is 1. The van der Waals surface area contributed by atoms with E-state index in [-0.39, 0.29) is 12.2 Å². The first-order valence-corrected chi connectivity index (χ1v) is 16.7. The first-order valence-electron chi connectivity index (χ1n) is 16.3. The number of anilines is 2. The summed E-state index contributed by atoms with van der Waals surface area (Å²) in [7, 11) is 1.69. The van der Waals surface area contributed by atoms with Gasteiger partial charge in [0.15, 0.2) is 0 Å². The number of benzene rings is 1. The van der Waals surface area contributed by atoms with Gasteiger partial charge in [-0.2, -0.15) is 0 Å². The molecule has 4 heterocycles. The Kier molecular flexibility index (Phi) is 11.1. The summed E-state index contributed by atoms with van der Waals surface area (Å²) >= 11 is 6.46. The predicted octanol–water partition coefficient (Wildman–Crippen LogP) is 4.81. The molecular formula is C32H43ClN10O4. The molecule has 0 radical (unpaired) electrons. The lowest BCUT2D eigenvalue weighted by atomic mass is 9.90. The molecule has 1 aliphatic heterocycles. The molecule has 2 fully saturated rings. The van der Waals surface area contributed by atoms with Crippen LogP contribution >= 0.6 is 11.6 Å². The highest BCUT2D eigenvalue weighted by Gasteiger charge is 2.29. The van der Waals surface area contributed by atoms with Gasteiger partial charge in [-0.15, -0.1) is 10.2 Å². The van der Waals surface area contributed by atoms with Gasteiger partial charge in [0.25, 0.3) is 5.88 Å². The van der Waals surface area contributed by atoms with Crippen LogP contribution in [-0.2, 0) is 16.0 Å². The average molecular weight is 667 g/mol. The van der Waals surface area contributed by atoms with Crippen molar-refractivity contribution in [1.82, 2.24) is 44.9 Å². The highest BCUT2D eigenvalue weighted by atomic mass is 35.5. The van der Waals surface area contributed by atoms with Gasteiger partial charge in [0, 0.05) is 57.2 Å². The second-order valence-electron chi connectivity index (χ2n) is 12.2. The molecule has 1 saturated carbocycles. The highest BCUT2D eigenvalue weighted by molar-refractivity contribution is 6.32. The van der Waals surface area contributed by atoms with Crippen molar-refractivity contribution in [2.45, 2.75) is 76.8 Å². The van der Waals surface area contributed by atoms with E-state index in [0.29, 0.717) is 47.8 Å². The molecule has 6 rings (SSSR count). The van der Waals surface area contributed by atoms with Crippen LogP contribution in [0.4, 0.5) is 11.6 Å². The van der Waals surface area contributed by atoms with Crippen molar-refractivity contribution in [2.24, 2.45) is 0 Å². The lowest BCUT2D eigenvalue weighted by Gasteiger charge is -2.38. The van der Waals surface area contributed by atoms with Crippen molar-refractivity contribution >= 4 is 23.2 Å². The van der Waals surface area contributed by atoms with Gasteiger partial charge >= 0.3 is 0 Å². The third-order valence-corrected chi connectivity index (χ3v) is 8.98. The Hall–Kier alpha value is -3.85. The fraction of sp³-hybridized carbons (Fsp3) is 0.562. The van der Waals surface area contributed by atoms with E-state index in [9.17, 15) is 0 Å². The van der Waals surface area contributed by atoms with Crippen LogP contribution in [0, 0.1) is 0 Å². The van der Waals surface area contributed by atoms with E-state index >= 15 is 0 Å². The van der Waals surface area contributed by atoms with Crippen LogP contribution in [0.3, 0.4) is 0 Å². The topological polar surface area (TPSA) is 139 Å². The Morgan fingerprint density at radius 1 is 1.00 bits per heavy atom. The summed E-state index contributed by atoms with van der Waals surface area (Å²) in [4.78, 5) is 11.8. The SMILES string of the molecule is COCCC(C)Oc1nn(C2CCC(N3CCOCC3)CC2)cc1Nc1ncc(-c2ccc(Cl)c(O[C@@H](C)Cn3cnnn3)c2)cn1. The Bertz CT molecular complexity index is 1540. The summed E-state index contributed by atoms with van der Waals surface area (Å²) in [5.74, 6) is 1.54. The summed E-state index contributed by atoms with van der Waals surface area (Å²) in [6.07, 6.45) is 12.0. The van der Waals surface area contributed by atoms with Crippen molar-refractivity contribution in [1.29, 1.82) is 0 Å². The largest absolute Gasteiger partial charge is 0.487 e. The molecule has 4 aromatic rings. The molecule has 47 heavy (non-hydrogen) atoms. The van der Waals surface area contributed by atoms with E-state index in [1.54, 1.807) is 36.6 Å². The number of ether oxygens (including phenoxy) is 4. The summed E-state index contributed by atoms with van der Waals surface area (Å²) in [5, 5.41) is 20.0. The number of methoxy groups -OCH3 is 1. The van der Waals surface area contributed by atoms with Gasteiger partial charge in [0.2, 0.25) is 5.95 Å². The molecule has 3 aromatic heterocycles. The van der Waals surface area contributed by atoms with Crippen molar-refractivity contribution in [3.8, 4) is 22.8 Å². The Balaban J connectivity index is 1.13. The lowest BCUT2D eigenvalue weighted by Crippen LogP contribution is -2.45. The molecule has 0 bridgehead atoms. The molecule has 2 aliphatic rings. The normalized spacial score (nSPS) is 20.1. The van der Waals surface area contributed by atoms with Gasteiger partial charge in [-0.25, -0.2) is 14.6 Å². The monoisotopic (exact) mass is 666 g/mol. The Labute approximate surface area is 279 Å². The zero-order valence-electron chi connectivity index (χ0n) is 27.2. The third-order valence-electron chi connectivity index (χ3n) is 8.67. The minimum atomic E-state index is -0.205. The Morgan fingerprint density at radius 3 is 2.49 bits per heavy atom. The molecule has 14 nitrogen and oxygen atoms in total. The van der Waals surface area contributed by atoms with Crippen LogP contribution in [-0.4, -0.2) is 103 Å². The van der Waals surface area contributed by atoms with Crippen LogP contribution in [0.1, 0.15) is 52.0 Å². The van der Waals surface area contributed by atoms with Crippen molar-refractivity contribution in [2.75, 3.05) is 45.3 Å². The highest BCUT2D eigenvalue weighted by Crippen LogP contribution is 2.36. The minimum Gasteiger partial charge on any atom is -0.487 e. The second-order valence-corrected chi connectivity index (χ2v) is 12.6. The molecule has 0 spiro atoms. The van der Waals surface area contributed by atoms with Gasteiger partial charge in [0.05, 0.1) is 43.1 Å². The number of nitrogens with zero attached hydrogens (tertiary/aromatic N) is 9. The van der Waals surface area contributed by atoms with E-state index in [0.717, 1.165) is 75.2 Å². The molecule has 0 amide bonds. The smallest absolute Gasteiger partial charge is 0.257 e. The fourth-order valence-corrected chi connectivity index (χ4v) is 6.28. The number of morpholine rings is 1. The average Bonchev–Trinajstić information content (AvgIpc) is 3.75. The summed E-state index contributed by atoms with van der Waals surface area (Å²) in [5.41, 5.74) is 2.43. The molecule has 1 aromatic carbocycles. The molecule has 1 aliphatic carbocycles. The van der Waals surface area contributed by atoms with E-state index < -0.39 is 0 Å². The lowest BCUT2D eigenvalue weighted by molar-refractivity contribution is 0.00500. The first-order chi connectivity index (χ1) is 22.9. The predicted molar refractivity (Wildman–Crippen MR) is 176 cm³/mol. The van der Waals surface area contributed by atoms with E-state index in [4.69, 9.17) is 35.6 Å². The van der Waals surface area contributed by atoms with E-state index in [1.165, 1.54) is 0 Å². The number of hydrogen-bond acceptors (Lipinski definition) is 12. The molecule has 2 atom stereocenters. The number of halogens is 1.